The second-order valence-corrected chi connectivity index (χ2v) is 11.4. The summed E-state index contributed by atoms with van der Waals surface area (Å²) in [5.41, 5.74) is 3.03. The number of amides is 2. The van der Waals surface area contributed by atoms with Gasteiger partial charge in [-0.15, -0.1) is 0 Å². The average molecular weight is 659 g/mol. The molecule has 1 saturated heterocycles. The van der Waals surface area contributed by atoms with Gasteiger partial charge in [0.1, 0.15) is 29.3 Å². The second kappa shape index (κ2) is 14.7. The number of nitrogens with one attached hydrogen (secondary N) is 4. The highest BCUT2D eigenvalue weighted by Gasteiger charge is 2.34. The van der Waals surface area contributed by atoms with E-state index in [1.807, 2.05) is 24.3 Å². The maximum absolute atomic E-state index is 15.2. The standard InChI is InChI=1S/C35H33F3N6O4/c1-47-35(46)44-32(31(20-6-10-22(36)11-7-20)21-8-12-23(37)13-9-21)34(45)43-29-18-39-17-26(38)25(29)15-14-24-16-40-30(19-48-24)33-41-27-4-2-3-5-28(27)42-33/h2-13,17-18,24,30-32,40H,14-16,19H2,1H3,(H,41,42)(H,43,45)(H,44,46)/t24-,30+,32+/m1/s1. The van der Waals surface area contributed by atoms with Crippen LogP contribution < -0.4 is 16.0 Å². The molecule has 3 aromatic carbocycles. The normalized spacial score (nSPS) is 16.9. The van der Waals surface area contributed by atoms with Crippen LogP contribution in [0, 0.1) is 17.5 Å². The number of ether oxygens (including phenoxy) is 2. The van der Waals surface area contributed by atoms with Crippen molar-refractivity contribution in [2.45, 2.75) is 36.9 Å². The van der Waals surface area contributed by atoms with Gasteiger partial charge in [0.15, 0.2) is 0 Å². The van der Waals surface area contributed by atoms with Gasteiger partial charge in [-0.1, -0.05) is 36.4 Å². The smallest absolute Gasteiger partial charge is 0.407 e. The van der Waals surface area contributed by atoms with E-state index in [0.29, 0.717) is 30.7 Å². The topological polar surface area (TPSA) is 130 Å². The maximum Gasteiger partial charge on any atom is 0.407 e. The van der Waals surface area contributed by atoms with Crippen molar-refractivity contribution < 1.29 is 32.2 Å². The molecule has 0 unspecified atom stereocenters. The molecule has 3 atom stereocenters. The van der Waals surface area contributed by atoms with Gasteiger partial charge >= 0.3 is 6.09 Å². The molecule has 10 nitrogen and oxygen atoms in total. The summed E-state index contributed by atoms with van der Waals surface area (Å²) in [4.78, 5) is 38.3. The molecular weight excluding hydrogens is 625 g/mol. The minimum atomic E-state index is -1.34. The number of H-pyrrole nitrogens is 1. The van der Waals surface area contributed by atoms with Gasteiger partial charge in [0.2, 0.25) is 5.91 Å². The van der Waals surface area contributed by atoms with Gasteiger partial charge in [0, 0.05) is 18.0 Å². The summed E-state index contributed by atoms with van der Waals surface area (Å²) in [6.45, 7) is 0.861. The van der Waals surface area contributed by atoms with E-state index in [1.54, 1.807) is 0 Å². The van der Waals surface area contributed by atoms with Crippen molar-refractivity contribution in [3.8, 4) is 0 Å². The van der Waals surface area contributed by atoms with E-state index in [2.05, 4.69) is 30.9 Å². The quantitative estimate of drug-likeness (QED) is 0.155. The minimum absolute atomic E-state index is 0.109. The number of pyridine rings is 1. The molecule has 48 heavy (non-hydrogen) atoms. The number of carbonyl (C=O) groups is 2. The molecule has 1 aliphatic heterocycles. The lowest BCUT2D eigenvalue weighted by Gasteiger charge is -2.30. The van der Waals surface area contributed by atoms with E-state index in [9.17, 15) is 18.4 Å². The number of hydrogen-bond donors (Lipinski definition) is 4. The third kappa shape index (κ3) is 7.48. The molecule has 5 aromatic rings. The van der Waals surface area contributed by atoms with Crippen LogP contribution in [0.1, 0.15) is 40.9 Å². The Morgan fingerprint density at radius 1 is 0.979 bits per heavy atom. The number of anilines is 1. The van der Waals surface area contributed by atoms with Gasteiger partial charge in [-0.2, -0.15) is 0 Å². The molecule has 2 aromatic heterocycles. The third-order valence-electron chi connectivity index (χ3n) is 8.34. The van der Waals surface area contributed by atoms with Crippen LogP contribution in [0.15, 0.2) is 85.2 Å². The van der Waals surface area contributed by atoms with Crippen molar-refractivity contribution in [3.05, 3.63) is 125 Å². The molecule has 0 aliphatic carbocycles. The van der Waals surface area contributed by atoms with Crippen LogP contribution in [0.25, 0.3) is 11.0 Å². The number of imidazole rings is 1. The fourth-order valence-electron chi connectivity index (χ4n) is 5.87. The van der Waals surface area contributed by atoms with E-state index in [0.717, 1.165) is 30.2 Å². The van der Waals surface area contributed by atoms with Gasteiger partial charge in [-0.3, -0.25) is 9.78 Å². The number of halogens is 3. The lowest BCUT2D eigenvalue weighted by molar-refractivity contribution is -0.118. The highest BCUT2D eigenvalue weighted by Crippen LogP contribution is 2.31. The first-order chi connectivity index (χ1) is 23.3. The molecular formula is C35H33F3N6O4. The van der Waals surface area contributed by atoms with Gasteiger partial charge in [0.05, 0.1) is 55.0 Å². The van der Waals surface area contributed by atoms with Crippen molar-refractivity contribution in [2.24, 2.45) is 0 Å². The summed E-state index contributed by atoms with van der Waals surface area (Å²) in [7, 11) is 1.14. The van der Waals surface area contributed by atoms with Gasteiger partial charge in [-0.05, 0) is 60.4 Å². The van der Waals surface area contributed by atoms with Crippen LogP contribution in [0.3, 0.4) is 0 Å². The van der Waals surface area contributed by atoms with Gasteiger partial charge in [-0.25, -0.2) is 22.9 Å². The number of para-hydroxylation sites is 2. The Morgan fingerprint density at radius 3 is 2.29 bits per heavy atom. The van der Waals surface area contributed by atoms with Crippen LogP contribution in [0.5, 0.6) is 0 Å². The summed E-state index contributed by atoms with van der Waals surface area (Å²) in [5.74, 6) is -2.49. The zero-order chi connectivity index (χ0) is 33.6. The molecule has 3 heterocycles. The number of benzene rings is 3. The number of alkyl carbamates (subject to hydrolysis) is 1. The lowest BCUT2D eigenvalue weighted by atomic mass is 9.84. The molecule has 1 fully saturated rings. The molecule has 0 bridgehead atoms. The first-order valence-electron chi connectivity index (χ1n) is 15.4. The van der Waals surface area contributed by atoms with Gasteiger partial charge in [0.25, 0.3) is 0 Å². The fraction of sp³-hybridized carbons (Fsp3) is 0.257. The van der Waals surface area contributed by atoms with Crippen LogP contribution in [0.4, 0.5) is 23.7 Å². The summed E-state index contributed by atoms with van der Waals surface area (Å²) in [6.07, 6.45) is 1.88. The molecule has 248 valence electrons. The lowest BCUT2D eigenvalue weighted by Crippen LogP contribution is -2.48. The van der Waals surface area contributed by atoms with E-state index >= 15 is 4.39 Å². The van der Waals surface area contributed by atoms with E-state index < -0.39 is 41.4 Å². The number of hydrogen-bond acceptors (Lipinski definition) is 7. The number of morpholine rings is 1. The predicted octanol–water partition coefficient (Wildman–Crippen LogP) is 5.53. The van der Waals surface area contributed by atoms with Crippen LogP contribution >= 0.6 is 0 Å². The van der Waals surface area contributed by atoms with E-state index in [4.69, 9.17) is 9.47 Å². The monoisotopic (exact) mass is 658 g/mol. The van der Waals surface area contributed by atoms with E-state index in [1.165, 1.54) is 54.7 Å². The summed E-state index contributed by atoms with van der Waals surface area (Å²) in [6, 6.07) is 17.0. The van der Waals surface area contributed by atoms with Crippen molar-refractivity contribution in [1.82, 2.24) is 25.6 Å². The Hall–Kier alpha value is -5.27. The third-order valence-corrected chi connectivity index (χ3v) is 8.34. The number of carbonyl (C=O) groups excluding carboxylic acids is 2. The van der Waals surface area contributed by atoms with Crippen LogP contribution in [0.2, 0.25) is 0 Å². The molecule has 1 aliphatic rings. The van der Waals surface area contributed by atoms with Crippen LogP contribution in [-0.4, -0.2) is 59.4 Å². The Bertz CT molecular complexity index is 1800. The zero-order valence-electron chi connectivity index (χ0n) is 25.9. The van der Waals surface area contributed by atoms with E-state index in [-0.39, 0.29) is 29.8 Å². The largest absolute Gasteiger partial charge is 0.453 e. The Labute approximate surface area is 274 Å². The molecule has 0 spiro atoms. The summed E-state index contributed by atoms with van der Waals surface area (Å²) < 4.78 is 53.9. The minimum Gasteiger partial charge on any atom is -0.453 e. The van der Waals surface area contributed by atoms with Crippen LogP contribution in [-0.2, 0) is 20.7 Å². The summed E-state index contributed by atoms with van der Waals surface area (Å²) in [5, 5.41) is 8.71. The van der Waals surface area contributed by atoms with Gasteiger partial charge < -0.3 is 30.4 Å². The number of rotatable bonds is 10. The predicted molar refractivity (Wildman–Crippen MR) is 172 cm³/mol. The SMILES string of the molecule is COC(=O)N[C@H](C(=O)Nc1cncc(F)c1CC[C@@H]1CN[C@H](c2nc3ccccc3[nH]2)CO1)C(c1ccc(F)cc1)c1ccc(F)cc1. The number of aromatic nitrogens is 3. The number of aromatic amines is 1. The first-order valence-corrected chi connectivity index (χ1v) is 15.4. The summed E-state index contributed by atoms with van der Waals surface area (Å²) >= 11 is 0. The Morgan fingerprint density at radius 2 is 1.67 bits per heavy atom. The molecule has 13 heteroatoms. The molecule has 0 saturated carbocycles. The molecule has 2 amide bonds. The molecule has 4 N–H and O–H groups in total. The maximum atomic E-state index is 15.2. The fourth-order valence-corrected chi connectivity index (χ4v) is 5.87. The highest BCUT2D eigenvalue weighted by molar-refractivity contribution is 5.98. The molecule has 6 rings (SSSR count). The number of nitrogens with zero attached hydrogens (tertiary/aromatic N) is 2. The zero-order valence-corrected chi connectivity index (χ0v) is 25.9. The first kappa shape index (κ1) is 32.7. The van der Waals surface area contributed by atoms with Crippen molar-refractivity contribution >= 4 is 28.7 Å². The average Bonchev–Trinajstić information content (AvgIpc) is 3.54. The van der Waals surface area contributed by atoms with Crippen molar-refractivity contribution in [2.75, 3.05) is 25.6 Å². The second-order valence-electron chi connectivity index (χ2n) is 11.4. The highest BCUT2D eigenvalue weighted by atomic mass is 19.1. The van der Waals surface area contributed by atoms with Crippen molar-refractivity contribution in [3.63, 3.8) is 0 Å². The Balaban J connectivity index is 1.19. The molecule has 0 radical (unpaired) electrons. The Kier molecular flexibility index (Phi) is 9.97. The number of fused-ring (bicyclic) bond motifs is 1. The van der Waals surface area contributed by atoms with Crippen molar-refractivity contribution in [1.29, 1.82) is 0 Å². The number of methoxy groups -OCH3 is 1.